The molecule has 3 aliphatic rings. The zero-order chi connectivity index (χ0) is 20.7. The number of rotatable bonds is 4. The van der Waals surface area contributed by atoms with E-state index in [0.29, 0.717) is 18.5 Å². The van der Waals surface area contributed by atoms with Crippen molar-refractivity contribution >= 4 is 34.6 Å². The Morgan fingerprint density at radius 1 is 1.13 bits per heavy atom. The van der Waals surface area contributed by atoms with Crippen LogP contribution in [0.5, 0.6) is 0 Å². The molecule has 1 unspecified atom stereocenters. The van der Waals surface area contributed by atoms with Gasteiger partial charge in [0.1, 0.15) is 6.04 Å². The third-order valence-corrected chi connectivity index (χ3v) is 6.86. The van der Waals surface area contributed by atoms with Crippen LogP contribution in [0.3, 0.4) is 0 Å². The van der Waals surface area contributed by atoms with Crippen LogP contribution in [0.2, 0.25) is 0 Å². The molecule has 1 aromatic carbocycles. The second-order valence-corrected chi connectivity index (χ2v) is 8.90. The molecule has 0 saturated carbocycles. The van der Waals surface area contributed by atoms with Crippen LogP contribution in [0.4, 0.5) is 0 Å². The molecule has 0 bridgehead atoms. The zero-order valence-corrected chi connectivity index (χ0v) is 17.4. The largest absolute Gasteiger partial charge is 0.322 e. The van der Waals surface area contributed by atoms with Gasteiger partial charge in [0.05, 0.1) is 0 Å². The zero-order valence-electron chi connectivity index (χ0n) is 16.6. The number of fused-ring (bicyclic) bond motifs is 1. The second kappa shape index (κ2) is 7.81. The Morgan fingerprint density at radius 2 is 2.03 bits per heavy atom. The lowest BCUT2D eigenvalue weighted by atomic mass is 10.0. The lowest BCUT2D eigenvalue weighted by molar-refractivity contribution is -0.136. The number of piperidine rings is 1. The van der Waals surface area contributed by atoms with Gasteiger partial charge in [-0.2, -0.15) is 11.3 Å². The standard InChI is InChI=1S/C23H23N3O3S/c27-21-4-3-20(22(28)24-21)26-13-18-11-15(1-2-19(18)23(26)29)12-25-8-5-16(6-9-25)17-7-10-30-14-17/h1-2,5,7,10-11,14,20H,3-4,6,8-9,12-13H2,(H,24,27,28). The Labute approximate surface area is 179 Å². The van der Waals surface area contributed by atoms with Crippen molar-refractivity contribution < 1.29 is 14.4 Å². The summed E-state index contributed by atoms with van der Waals surface area (Å²) in [6.45, 7) is 3.20. The Kier molecular flexibility index (Phi) is 5.00. The second-order valence-electron chi connectivity index (χ2n) is 8.12. The minimum Gasteiger partial charge on any atom is -0.322 e. The molecule has 1 fully saturated rings. The minimum absolute atomic E-state index is 0.118. The molecule has 1 saturated heterocycles. The predicted octanol–water partition coefficient (Wildman–Crippen LogP) is 2.80. The van der Waals surface area contributed by atoms with Crippen molar-refractivity contribution in [1.29, 1.82) is 0 Å². The molecule has 4 heterocycles. The third kappa shape index (κ3) is 3.59. The highest BCUT2D eigenvalue weighted by Gasteiger charge is 2.39. The summed E-state index contributed by atoms with van der Waals surface area (Å²) in [7, 11) is 0. The molecular weight excluding hydrogens is 398 g/mol. The van der Waals surface area contributed by atoms with E-state index in [1.807, 2.05) is 12.1 Å². The highest BCUT2D eigenvalue weighted by Crippen LogP contribution is 2.29. The van der Waals surface area contributed by atoms with Crippen molar-refractivity contribution in [3.8, 4) is 0 Å². The van der Waals surface area contributed by atoms with Crippen LogP contribution in [0.15, 0.2) is 41.1 Å². The molecule has 1 aromatic heterocycles. The van der Waals surface area contributed by atoms with Gasteiger partial charge in [-0.15, -0.1) is 0 Å². The van der Waals surface area contributed by atoms with Crippen molar-refractivity contribution in [2.45, 2.75) is 38.4 Å². The van der Waals surface area contributed by atoms with Crippen molar-refractivity contribution in [2.75, 3.05) is 13.1 Å². The SMILES string of the molecule is O=C1CCC(N2Cc3cc(CN4CC=C(c5ccsc5)CC4)ccc3C2=O)C(=O)N1. The number of hydrogen-bond donors (Lipinski definition) is 1. The molecule has 0 spiro atoms. The molecule has 3 aliphatic heterocycles. The fourth-order valence-electron chi connectivity index (χ4n) is 4.55. The Morgan fingerprint density at radius 3 is 2.77 bits per heavy atom. The molecule has 3 amide bonds. The van der Waals surface area contributed by atoms with Gasteiger partial charge < -0.3 is 4.90 Å². The van der Waals surface area contributed by atoms with Gasteiger partial charge in [0.15, 0.2) is 0 Å². The van der Waals surface area contributed by atoms with E-state index in [1.54, 1.807) is 16.2 Å². The maximum Gasteiger partial charge on any atom is 0.255 e. The Hall–Kier alpha value is -2.77. The van der Waals surface area contributed by atoms with Crippen molar-refractivity contribution in [1.82, 2.24) is 15.1 Å². The quantitative estimate of drug-likeness (QED) is 0.771. The Balaban J connectivity index is 1.26. The van der Waals surface area contributed by atoms with Crippen LogP contribution in [-0.4, -0.2) is 46.7 Å². The summed E-state index contributed by atoms with van der Waals surface area (Å²) in [6, 6.07) is 7.61. The molecule has 154 valence electrons. The summed E-state index contributed by atoms with van der Waals surface area (Å²) >= 11 is 1.73. The van der Waals surface area contributed by atoms with E-state index in [4.69, 9.17) is 0 Å². The number of amides is 3. The number of imide groups is 1. The first-order chi connectivity index (χ1) is 14.6. The number of thiophene rings is 1. The predicted molar refractivity (Wildman–Crippen MR) is 115 cm³/mol. The van der Waals surface area contributed by atoms with E-state index >= 15 is 0 Å². The third-order valence-electron chi connectivity index (χ3n) is 6.18. The number of benzene rings is 1. The smallest absolute Gasteiger partial charge is 0.255 e. The number of carbonyl (C=O) groups is 3. The molecule has 0 radical (unpaired) electrons. The number of carbonyl (C=O) groups excluding carboxylic acids is 3. The van der Waals surface area contributed by atoms with Gasteiger partial charge in [0.2, 0.25) is 11.8 Å². The first-order valence-electron chi connectivity index (χ1n) is 10.3. The van der Waals surface area contributed by atoms with Gasteiger partial charge >= 0.3 is 0 Å². The van der Waals surface area contributed by atoms with E-state index < -0.39 is 6.04 Å². The van der Waals surface area contributed by atoms with Gasteiger partial charge in [0, 0.05) is 38.2 Å². The highest BCUT2D eigenvalue weighted by atomic mass is 32.1. The van der Waals surface area contributed by atoms with Gasteiger partial charge in [-0.25, -0.2) is 0 Å². The molecule has 0 aliphatic carbocycles. The van der Waals surface area contributed by atoms with Crippen molar-refractivity contribution in [3.63, 3.8) is 0 Å². The number of nitrogens with one attached hydrogen (secondary N) is 1. The van der Waals surface area contributed by atoms with E-state index in [2.05, 4.69) is 39.2 Å². The molecule has 30 heavy (non-hydrogen) atoms. The summed E-state index contributed by atoms with van der Waals surface area (Å²) < 4.78 is 0. The highest BCUT2D eigenvalue weighted by molar-refractivity contribution is 7.08. The average molecular weight is 422 g/mol. The monoisotopic (exact) mass is 421 g/mol. The first-order valence-corrected chi connectivity index (χ1v) is 11.2. The van der Waals surface area contributed by atoms with Gasteiger partial charge in [0.25, 0.3) is 5.91 Å². The molecule has 6 nitrogen and oxygen atoms in total. The fourth-order valence-corrected chi connectivity index (χ4v) is 5.23. The lowest BCUT2D eigenvalue weighted by Crippen LogP contribution is -2.52. The van der Waals surface area contributed by atoms with Crippen molar-refractivity contribution in [2.24, 2.45) is 0 Å². The summed E-state index contributed by atoms with van der Waals surface area (Å²) in [6.07, 6.45) is 4.03. The molecular formula is C23H23N3O3S. The van der Waals surface area contributed by atoms with Crippen LogP contribution < -0.4 is 5.32 Å². The van der Waals surface area contributed by atoms with E-state index in [9.17, 15) is 14.4 Å². The first kappa shape index (κ1) is 19.2. The summed E-state index contributed by atoms with van der Waals surface area (Å²) in [5.74, 6) is -0.748. The normalized spacial score (nSPS) is 22.1. The van der Waals surface area contributed by atoms with Gasteiger partial charge in [-0.3, -0.25) is 24.6 Å². The average Bonchev–Trinajstić information content (AvgIpc) is 3.37. The van der Waals surface area contributed by atoms with Crippen molar-refractivity contribution in [3.05, 3.63) is 63.4 Å². The summed E-state index contributed by atoms with van der Waals surface area (Å²) in [5, 5.41) is 6.67. The maximum atomic E-state index is 12.8. The topological polar surface area (TPSA) is 69.7 Å². The molecule has 7 heteroatoms. The van der Waals surface area contributed by atoms with Gasteiger partial charge in [-0.1, -0.05) is 18.2 Å². The van der Waals surface area contributed by atoms with E-state index in [0.717, 1.165) is 31.6 Å². The molecule has 1 N–H and O–H groups in total. The summed E-state index contributed by atoms with van der Waals surface area (Å²) in [5.41, 5.74) is 5.57. The Bertz CT molecular complexity index is 1040. The van der Waals surface area contributed by atoms with E-state index in [1.165, 1.54) is 16.7 Å². The number of hydrogen-bond acceptors (Lipinski definition) is 5. The molecule has 2 aromatic rings. The fraction of sp³-hybridized carbons (Fsp3) is 0.348. The number of nitrogens with zero attached hydrogens (tertiary/aromatic N) is 2. The molecule has 1 atom stereocenters. The van der Waals surface area contributed by atoms with Crippen LogP contribution in [-0.2, 0) is 22.7 Å². The van der Waals surface area contributed by atoms with Crippen LogP contribution in [0.1, 0.15) is 46.3 Å². The maximum absolute atomic E-state index is 12.8. The van der Waals surface area contributed by atoms with Crippen LogP contribution in [0.25, 0.3) is 5.57 Å². The van der Waals surface area contributed by atoms with Gasteiger partial charge in [-0.05, 0) is 58.0 Å². The lowest BCUT2D eigenvalue weighted by Gasteiger charge is -2.29. The van der Waals surface area contributed by atoms with E-state index in [-0.39, 0.29) is 24.1 Å². The summed E-state index contributed by atoms with van der Waals surface area (Å²) in [4.78, 5) is 40.4. The minimum atomic E-state index is -0.561. The van der Waals surface area contributed by atoms with Crippen LogP contribution >= 0.6 is 11.3 Å². The molecule has 5 rings (SSSR count). The van der Waals surface area contributed by atoms with Crippen LogP contribution in [0, 0.1) is 0 Å².